The predicted molar refractivity (Wildman–Crippen MR) is 234 cm³/mol. The topological polar surface area (TPSA) is 112 Å². The smallest absolute Gasteiger partial charge is 0.303 e. The van der Waals surface area contributed by atoms with Crippen molar-refractivity contribution in [1.82, 2.24) is 0 Å². The van der Waals surface area contributed by atoms with Gasteiger partial charge in [-0.1, -0.05) is 252 Å². The molecule has 0 bridgehead atoms. The van der Waals surface area contributed by atoms with Crippen LogP contribution >= 0.6 is 0 Å². The van der Waals surface area contributed by atoms with Crippen molar-refractivity contribution in [2.45, 2.75) is 290 Å². The first kappa shape index (κ1) is 56.7. The van der Waals surface area contributed by atoms with Gasteiger partial charge in [0, 0.05) is 19.3 Å². The molecule has 6 nitrogen and oxygen atoms in total. The number of hydrogen-bond acceptors (Lipinski definition) is 3. The second kappa shape index (κ2) is 53.5. The van der Waals surface area contributed by atoms with Gasteiger partial charge in [-0.2, -0.15) is 0 Å². The number of unbranched alkanes of at least 4 members (excludes halogenated alkanes) is 36. The number of rotatable bonds is 42. The average Bonchev–Trinajstić information content (AvgIpc) is 3.14. The summed E-state index contributed by atoms with van der Waals surface area (Å²) in [6.07, 6.45) is 51.9. The zero-order valence-electron chi connectivity index (χ0n) is 36.8. The number of aliphatic carboxylic acids is 3. The molecular formula is C48H96O6. The maximum absolute atomic E-state index is 10.3. The van der Waals surface area contributed by atoms with Gasteiger partial charge in [0.05, 0.1) is 0 Å². The molecule has 0 amide bonds. The van der Waals surface area contributed by atoms with Gasteiger partial charge in [-0.15, -0.1) is 0 Å². The van der Waals surface area contributed by atoms with Crippen molar-refractivity contribution in [1.29, 1.82) is 0 Å². The molecule has 3 N–H and O–H groups in total. The van der Waals surface area contributed by atoms with E-state index < -0.39 is 17.9 Å². The summed E-state index contributed by atoms with van der Waals surface area (Å²) in [7, 11) is 0. The van der Waals surface area contributed by atoms with E-state index in [-0.39, 0.29) is 0 Å². The zero-order valence-corrected chi connectivity index (χ0v) is 36.8. The molecule has 0 heterocycles. The van der Waals surface area contributed by atoms with Gasteiger partial charge in [-0.05, 0) is 19.3 Å². The fraction of sp³-hybridized carbons (Fsp3) is 0.938. The molecule has 0 aromatic rings. The van der Waals surface area contributed by atoms with Gasteiger partial charge in [-0.3, -0.25) is 14.4 Å². The molecule has 0 saturated heterocycles. The van der Waals surface area contributed by atoms with Crippen LogP contribution in [0, 0.1) is 0 Å². The molecule has 54 heavy (non-hydrogen) atoms. The second-order valence-corrected chi connectivity index (χ2v) is 16.2. The molecule has 0 aliphatic heterocycles. The van der Waals surface area contributed by atoms with E-state index in [9.17, 15) is 14.4 Å². The molecule has 0 spiro atoms. The number of carbonyl (C=O) groups is 3. The van der Waals surface area contributed by atoms with E-state index in [4.69, 9.17) is 15.3 Å². The molecule has 0 rings (SSSR count). The van der Waals surface area contributed by atoms with E-state index in [1.807, 2.05) is 0 Å². The molecule has 0 atom stereocenters. The lowest BCUT2D eigenvalue weighted by atomic mass is 10.0. The van der Waals surface area contributed by atoms with Gasteiger partial charge in [0.1, 0.15) is 0 Å². The molecule has 0 aromatic heterocycles. The summed E-state index contributed by atoms with van der Waals surface area (Å²) >= 11 is 0. The van der Waals surface area contributed by atoms with Crippen LogP contribution in [0.3, 0.4) is 0 Å². The van der Waals surface area contributed by atoms with Gasteiger partial charge in [0.25, 0.3) is 0 Å². The quantitative estimate of drug-likeness (QED) is 0.0533. The van der Waals surface area contributed by atoms with E-state index >= 15 is 0 Å². The van der Waals surface area contributed by atoms with E-state index in [1.54, 1.807) is 0 Å². The van der Waals surface area contributed by atoms with E-state index in [2.05, 4.69) is 20.8 Å². The Morgan fingerprint density at radius 1 is 0.222 bits per heavy atom. The summed E-state index contributed by atoms with van der Waals surface area (Å²) in [4.78, 5) is 30.9. The van der Waals surface area contributed by atoms with Gasteiger partial charge < -0.3 is 15.3 Å². The maximum atomic E-state index is 10.3. The molecule has 0 saturated carbocycles. The van der Waals surface area contributed by atoms with E-state index in [1.165, 1.54) is 212 Å². The Morgan fingerprint density at radius 2 is 0.333 bits per heavy atom. The average molecular weight is 769 g/mol. The lowest BCUT2D eigenvalue weighted by Gasteiger charge is -2.03. The Morgan fingerprint density at radius 3 is 0.444 bits per heavy atom. The third-order valence-electron chi connectivity index (χ3n) is 10.5. The van der Waals surface area contributed by atoms with Crippen molar-refractivity contribution >= 4 is 17.9 Å². The fourth-order valence-electron chi connectivity index (χ4n) is 6.88. The number of hydrogen-bond donors (Lipinski definition) is 3. The third kappa shape index (κ3) is 65.3. The lowest BCUT2D eigenvalue weighted by molar-refractivity contribution is -0.138. The minimum absolute atomic E-state index is 0.343. The van der Waals surface area contributed by atoms with Crippen molar-refractivity contribution in [2.24, 2.45) is 0 Å². The normalized spacial score (nSPS) is 10.7. The summed E-state index contributed by atoms with van der Waals surface area (Å²) in [5.41, 5.74) is 0. The number of carboxylic acid groups (broad SMARTS) is 3. The van der Waals surface area contributed by atoms with Crippen LogP contribution < -0.4 is 0 Å². The van der Waals surface area contributed by atoms with Crippen LogP contribution in [-0.2, 0) is 14.4 Å². The first-order valence-electron chi connectivity index (χ1n) is 24.0. The maximum Gasteiger partial charge on any atom is 0.303 e. The standard InChI is InChI=1S/2C18H36O2.C12H24O2/c2*1-2-3-4-5-6-7-8-9-10-11-12-13-14-15-16-17-18(19)20;1-2-3-4-5-6-7-8-9-10-11-12(13)14/h2*2-17H2,1H3,(H,19,20);2-11H2,1H3,(H,13,14). The van der Waals surface area contributed by atoms with Crippen molar-refractivity contribution < 1.29 is 29.7 Å². The van der Waals surface area contributed by atoms with Crippen LogP contribution in [0.4, 0.5) is 0 Å². The highest BCUT2D eigenvalue weighted by atomic mass is 16.4. The first-order valence-corrected chi connectivity index (χ1v) is 24.0. The van der Waals surface area contributed by atoms with Gasteiger partial charge in [0.2, 0.25) is 0 Å². The Bertz CT molecular complexity index is 680. The lowest BCUT2D eigenvalue weighted by Crippen LogP contribution is -1.93. The second-order valence-electron chi connectivity index (χ2n) is 16.2. The Balaban J connectivity index is -0.000000736. The van der Waals surface area contributed by atoms with Crippen LogP contribution in [0.5, 0.6) is 0 Å². The van der Waals surface area contributed by atoms with Crippen molar-refractivity contribution in [3.05, 3.63) is 0 Å². The zero-order chi connectivity index (χ0) is 40.4. The van der Waals surface area contributed by atoms with Crippen LogP contribution in [0.2, 0.25) is 0 Å². The van der Waals surface area contributed by atoms with Crippen LogP contribution in [0.1, 0.15) is 290 Å². The minimum atomic E-state index is -0.659. The summed E-state index contributed by atoms with van der Waals surface area (Å²) < 4.78 is 0. The molecule has 0 aromatic carbocycles. The summed E-state index contributed by atoms with van der Waals surface area (Å²) in [6.45, 7) is 6.77. The van der Waals surface area contributed by atoms with Crippen LogP contribution in [0.25, 0.3) is 0 Å². The van der Waals surface area contributed by atoms with E-state index in [0.29, 0.717) is 19.3 Å². The van der Waals surface area contributed by atoms with Gasteiger partial charge in [0.15, 0.2) is 0 Å². The molecule has 0 unspecified atom stereocenters. The summed E-state index contributed by atoms with van der Waals surface area (Å²) in [5.74, 6) is -1.97. The molecule has 0 fully saturated rings. The minimum Gasteiger partial charge on any atom is -0.481 e. The fourth-order valence-corrected chi connectivity index (χ4v) is 6.88. The monoisotopic (exact) mass is 769 g/mol. The van der Waals surface area contributed by atoms with Crippen LogP contribution in [-0.4, -0.2) is 33.2 Å². The first-order chi connectivity index (χ1) is 26.3. The Labute approximate surface area is 337 Å². The van der Waals surface area contributed by atoms with Crippen LogP contribution in [0.15, 0.2) is 0 Å². The van der Waals surface area contributed by atoms with Crippen molar-refractivity contribution in [2.75, 3.05) is 0 Å². The van der Waals surface area contributed by atoms with Gasteiger partial charge in [-0.25, -0.2) is 0 Å². The Hall–Kier alpha value is -1.59. The van der Waals surface area contributed by atoms with Gasteiger partial charge >= 0.3 is 17.9 Å². The summed E-state index contributed by atoms with van der Waals surface area (Å²) in [5, 5.41) is 25.4. The molecule has 0 radical (unpaired) electrons. The molecule has 0 aliphatic rings. The number of carboxylic acids is 3. The highest BCUT2D eigenvalue weighted by Gasteiger charge is 1.99. The highest BCUT2D eigenvalue weighted by Crippen LogP contribution is 2.15. The van der Waals surface area contributed by atoms with Crippen molar-refractivity contribution in [3.8, 4) is 0 Å². The molecule has 0 aliphatic carbocycles. The highest BCUT2D eigenvalue weighted by molar-refractivity contribution is 5.67. The van der Waals surface area contributed by atoms with E-state index in [0.717, 1.165) is 38.5 Å². The van der Waals surface area contributed by atoms with Crippen molar-refractivity contribution in [3.63, 3.8) is 0 Å². The molecule has 6 heteroatoms. The SMILES string of the molecule is CCCCCCCCCCCC(=O)O.CCCCCCCCCCCCCCCCCC(=O)O.CCCCCCCCCCCCCCCCCC(=O)O. The largest absolute Gasteiger partial charge is 0.481 e. The molecular weight excluding hydrogens is 673 g/mol. The Kier molecular flexibility index (Phi) is 56.2. The third-order valence-corrected chi connectivity index (χ3v) is 10.5. The molecule has 324 valence electrons. The predicted octanol–water partition coefficient (Wildman–Crippen LogP) is 16.7. The summed E-state index contributed by atoms with van der Waals surface area (Å²) in [6, 6.07) is 0.